The molecule has 21 heavy (non-hydrogen) atoms. The molecule has 0 unspecified atom stereocenters. The molecule has 9 nitrogen and oxygen atoms in total. The molecule has 10 heteroatoms. The molecule has 0 aromatic heterocycles. The fourth-order valence-electron chi connectivity index (χ4n) is 1.54. The predicted octanol–water partition coefficient (Wildman–Crippen LogP) is -0.205. The molecular formula is C11H14N2O7S. The number of hydrogen-bond acceptors (Lipinski definition) is 7. The normalized spacial score (nSPS) is 14.2. The lowest BCUT2D eigenvalue weighted by atomic mass is 10.2. The first-order valence-electron chi connectivity index (χ1n) is 5.72. The second kappa shape index (κ2) is 6.61. The van der Waals surface area contributed by atoms with Crippen molar-refractivity contribution in [3.63, 3.8) is 0 Å². The summed E-state index contributed by atoms with van der Waals surface area (Å²) in [5.74, 6) is -1.01. The van der Waals surface area contributed by atoms with E-state index in [0.29, 0.717) is 0 Å². The SMILES string of the molecule is COC(=O)[C@@H](NS(=O)(=O)c1ccccc1[N+](=O)[O-])[C@@H](C)O. The number of para-hydroxylation sites is 1. The number of aliphatic hydroxyl groups is 1. The summed E-state index contributed by atoms with van der Waals surface area (Å²) in [4.78, 5) is 20.8. The second-order valence-corrected chi connectivity index (χ2v) is 5.77. The van der Waals surface area contributed by atoms with E-state index in [0.717, 1.165) is 19.2 Å². The number of hydrogen-bond donors (Lipinski definition) is 2. The Balaban J connectivity index is 3.23. The van der Waals surface area contributed by atoms with E-state index >= 15 is 0 Å². The molecule has 0 fully saturated rings. The smallest absolute Gasteiger partial charge is 0.326 e. The van der Waals surface area contributed by atoms with E-state index in [1.165, 1.54) is 19.1 Å². The van der Waals surface area contributed by atoms with Crippen molar-refractivity contribution in [3.8, 4) is 0 Å². The zero-order valence-electron chi connectivity index (χ0n) is 11.2. The van der Waals surface area contributed by atoms with Crippen molar-refractivity contribution in [3.05, 3.63) is 34.4 Å². The molecule has 116 valence electrons. The first-order chi connectivity index (χ1) is 9.70. The third-order valence-electron chi connectivity index (χ3n) is 2.57. The van der Waals surface area contributed by atoms with Gasteiger partial charge in [0.1, 0.15) is 6.04 Å². The number of rotatable bonds is 6. The molecule has 0 radical (unpaired) electrons. The van der Waals surface area contributed by atoms with Gasteiger partial charge in [-0.3, -0.25) is 14.9 Å². The summed E-state index contributed by atoms with van der Waals surface area (Å²) in [6.45, 7) is 1.18. The van der Waals surface area contributed by atoms with Crippen LogP contribution in [0.2, 0.25) is 0 Å². The molecule has 0 aliphatic carbocycles. The Morgan fingerprint density at radius 1 is 1.43 bits per heavy atom. The molecule has 0 aliphatic rings. The van der Waals surface area contributed by atoms with Crippen LogP contribution in [0.4, 0.5) is 5.69 Å². The molecule has 2 N–H and O–H groups in total. The number of esters is 1. The fourth-order valence-corrected chi connectivity index (χ4v) is 2.97. The standard InChI is InChI=1S/C11H14N2O7S/c1-7(14)10(11(15)20-2)12-21(18,19)9-6-4-3-5-8(9)13(16)17/h3-7,10,12,14H,1-2H3/t7-,10+/m1/s1. The zero-order valence-corrected chi connectivity index (χ0v) is 12.0. The lowest BCUT2D eigenvalue weighted by Crippen LogP contribution is -2.48. The van der Waals surface area contributed by atoms with Crippen LogP contribution in [0.25, 0.3) is 0 Å². The Morgan fingerprint density at radius 3 is 2.48 bits per heavy atom. The van der Waals surface area contributed by atoms with Crippen LogP contribution in [-0.2, 0) is 19.6 Å². The number of nitrogens with one attached hydrogen (secondary N) is 1. The van der Waals surface area contributed by atoms with Gasteiger partial charge in [-0.1, -0.05) is 12.1 Å². The van der Waals surface area contributed by atoms with E-state index in [9.17, 15) is 28.4 Å². The summed E-state index contributed by atoms with van der Waals surface area (Å²) in [5, 5.41) is 20.3. The van der Waals surface area contributed by atoms with Crippen LogP contribution < -0.4 is 4.72 Å². The number of carbonyl (C=O) groups excluding carboxylic acids is 1. The van der Waals surface area contributed by atoms with Gasteiger partial charge in [0.25, 0.3) is 5.69 Å². The molecule has 1 aromatic carbocycles. The van der Waals surface area contributed by atoms with Gasteiger partial charge in [0.2, 0.25) is 10.0 Å². The molecule has 0 spiro atoms. The van der Waals surface area contributed by atoms with Gasteiger partial charge in [0, 0.05) is 6.07 Å². The molecule has 0 bridgehead atoms. The lowest BCUT2D eigenvalue weighted by molar-refractivity contribution is -0.387. The number of nitro benzene ring substituents is 1. The monoisotopic (exact) mass is 318 g/mol. The van der Waals surface area contributed by atoms with Gasteiger partial charge in [-0.25, -0.2) is 8.42 Å². The van der Waals surface area contributed by atoms with Crippen LogP contribution in [0.3, 0.4) is 0 Å². The molecular weight excluding hydrogens is 304 g/mol. The zero-order chi connectivity index (χ0) is 16.2. The largest absolute Gasteiger partial charge is 0.468 e. The highest BCUT2D eigenvalue weighted by molar-refractivity contribution is 7.89. The Labute approximate surface area is 120 Å². The molecule has 1 rings (SSSR count). The Bertz CT molecular complexity index is 642. The summed E-state index contributed by atoms with van der Waals surface area (Å²) in [6, 6.07) is 3.08. The number of nitrogens with zero attached hydrogens (tertiary/aromatic N) is 1. The second-order valence-electron chi connectivity index (χ2n) is 4.09. The number of nitro groups is 1. The molecule has 0 saturated heterocycles. The van der Waals surface area contributed by atoms with Crippen molar-refractivity contribution in [2.24, 2.45) is 0 Å². The van der Waals surface area contributed by atoms with Crippen LogP contribution in [0.15, 0.2) is 29.2 Å². The number of aliphatic hydroxyl groups excluding tert-OH is 1. The third kappa shape index (κ3) is 3.97. The maximum absolute atomic E-state index is 12.2. The van der Waals surface area contributed by atoms with Gasteiger partial charge in [0.05, 0.1) is 18.1 Å². The molecule has 0 amide bonds. The first-order valence-corrected chi connectivity index (χ1v) is 7.20. The summed E-state index contributed by atoms with van der Waals surface area (Å²) < 4.78 is 30.6. The van der Waals surface area contributed by atoms with Crippen LogP contribution >= 0.6 is 0 Å². The van der Waals surface area contributed by atoms with Gasteiger partial charge in [-0.15, -0.1) is 0 Å². The quantitative estimate of drug-likeness (QED) is 0.421. The van der Waals surface area contributed by atoms with E-state index in [4.69, 9.17) is 0 Å². The van der Waals surface area contributed by atoms with E-state index < -0.39 is 43.6 Å². The van der Waals surface area contributed by atoms with Gasteiger partial charge in [-0.05, 0) is 13.0 Å². The van der Waals surface area contributed by atoms with Gasteiger partial charge < -0.3 is 9.84 Å². The average molecular weight is 318 g/mol. The molecule has 0 aliphatic heterocycles. The third-order valence-corrected chi connectivity index (χ3v) is 4.06. The molecule has 2 atom stereocenters. The van der Waals surface area contributed by atoms with Gasteiger partial charge in [0.15, 0.2) is 4.90 Å². The number of methoxy groups -OCH3 is 1. The van der Waals surface area contributed by atoms with E-state index in [1.807, 2.05) is 4.72 Å². The van der Waals surface area contributed by atoms with Crippen molar-refractivity contribution in [1.82, 2.24) is 4.72 Å². The molecule has 0 heterocycles. The maximum Gasteiger partial charge on any atom is 0.326 e. The minimum Gasteiger partial charge on any atom is -0.468 e. The Morgan fingerprint density at radius 2 is 2.00 bits per heavy atom. The van der Waals surface area contributed by atoms with E-state index in [-0.39, 0.29) is 0 Å². The summed E-state index contributed by atoms with van der Waals surface area (Å²) in [7, 11) is -3.36. The summed E-state index contributed by atoms with van der Waals surface area (Å²) in [5.41, 5.74) is -0.640. The highest BCUT2D eigenvalue weighted by Crippen LogP contribution is 2.23. The predicted molar refractivity (Wildman–Crippen MR) is 70.9 cm³/mol. The van der Waals surface area contributed by atoms with Crippen molar-refractivity contribution < 1.29 is 28.0 Å². The fraction of sp³-hybridized carbons (Fsp3) is 0.364. The van der Waals surface area contributed by atoms with Crippen LogP contribution in [-0.4, -0.2) is 43.7 Å². The number of sulfonamides is 1. The van der Waals surface area contributed by atoms with Crippen molar-refractivity contribution >= 4 is 21.7 Å². The minimum atomic E-state index is -4.39. The summed E-state index contributed by atoms with van der Waals surface area (Å²) >= 11 is 0. The first kappa shape index (κ1) is 17.0. The van der Waals surface area contributed by atoms with Gasteiger partial charge >= 0.3 is 5.97 Å². The highest BCUT2D eigenvalue weighted by Gasteiger charge is 2.33. The number of benzene rings is 1. The number of ether oxygens (including phenoxy) is 1. The van der Waals surface area contributed by atoms with Crippen molar-refractivity contribution in [2.75, 3.05) is 7.11 Å². The maximum atomic E-state index is 12.2. The molecule has 0 saturated carbocycles. The van der Waals surface area contributed by atoms with Crippen LogP contribution in [0.1, 0.15) is 6.92 Å². The van der Waals surface area contributed by atoms with E-state index in [2.05, 4.69) is 4.74 Å². The highest BCUT2D eigenvalue weighted by atomic mass is 32.2. The van der Waals surface area contributed by atoms with Crippen molar-refractivity contribution in [1.29, 1.82) is 0 Å². The Kier molecular flexibility index (Phi) is 5.35. The Hall–Kier alpha value is -2.04. The topological polar surface area (TPSA) is 136 Å². The van der Waals surface area contributed by atoms with Crippen LogP contribution in [0, 0.1) is 10.1 Å². The number of carbonyl (C=O) groups is 1. The van der Waals surface area contributed by atoms with Gasteiger partial charge in [-0.2, -0.15) is 4.72 Å². The van der Waals surface area contributed by atoms with E-state index in [1.54, 1.807) is 0 Å². The van der Waals surface area contributed by atoms with Crippen LogP contribution in [0.5, 0.6) is 0 Å². The molecule has 1 aromatic rings. The average Bonchev–Trinajstić information content (AvgIpc) is 2.43. The summed E-state index contributed by atoms with van der Waals surface area (Å²) in [6.07, 6.45) is -1.38. The minimum absolute atomic E-state index is 0.607. The van der Waals surface area contributed by atoms with Crippen molar-refractivity contribution in [2.45, 2.75) is 24.0 Å². The lowest BCUT2D eigenvalue weighted by Gasteiger charge is -2.18.